The van der Waals surface area contributed by atoms with E-state index in [9.17, 15) is 4.79 Å². The summed E-state index contributed by atoms with van der Waals surface area (Å²) in [6, 6.07) is 2.14. The highest BCUT2D eigenvalue weighted by molar-refractivity contribution is 9.09. The first-order valence-corrected chi connectivity index (χ1v) is 6.11. The van der Waals surface area contributed by atoms with Crippen LogP contribution in [-0.2, 0) is 9.53 Å². The van der Waals surface area contributed by atoms with Gasteiger partial charge in [0.2, 0.25) is 0 Å². The number of hydrogen-bond donors (Lipinski definition) is 0. The van der Waals surface area contributed by atoms with Crippen molar-refractivity contribution < 1.29 is 9.53 Å². The van der Waals surface area contributed by atoms with E-state index in [0.29, 0.717) is 0 Å². The molecule has 0 aromatic heterocycles. The summed E-state index contributed by atoms with van der Waals surface area (Å²) >= 11 is 3.41. The van der Waals surface area contributed by atoms with Gasteiger partial charge in [0.1, 0.15) is 4.83 Å². The number of benzene rings is 1. The van der Waals surface area contributed by atoms with Crippen molar-refractivity contribution in [3.63, 3.8) is 0 Å². The van der Waals surface area contributed by atoms with Crippen LogP contribution in [0.2, 0.25) is 0 Å². The minimum atomic E-state index is -0.379. The van der Waals surface area contributed by atoms with Crippen LogP contribution in [0.4, 0.5) is 0 Å². The third-order valence-electron chi connectivity index (χ3n) is 3.09. The van der Waals surface area contributed by atoms with Gasteiger partial charge in [-0.15, -0.1) is 0 Å². The Bertz CT molecular complexity index is 398. The second-order valence-corrected chi connectivity index (χ2v) is 4.98. The van der Waals surface area contributed by atoms with Crippen LogP contribution in [0.25, 0.3) is 0 Å². The molecule has 1 atom stereocenters. The summed E-state index contributed by atoms with van der Waals surface area (Å²) in [6.07, 6.45) is 0. The number of alkyl halides is 1. The predicted molar refractivity (Wildman–Crippen MR) is 69.1 cm³/mol. The van der Waals surface area contributed by atoms with Crippen LogP contribution < -0.4 is 0 Å². The standard InChI is InChI=1S/C13H17BrO2/c1-7-6-8(2)10(4)11(9(7)3)12(14)13(15)16-5/h6,12H,1-5H3. The molecule has 0 saturated carbocycles. The Hall–Kier alpha value is -0.830. The Morgan fingerprint density at radius 1 is 1.19 bits per heavy atom. The fraction of sp³-hybridized carbons (Fsp3) is 0.462. The van der Waals surface area contributed by atoms with Gasteiger partial charge in [-0.1, -0.05) is 22.0 Å². The number of esters is 1. The molecule has 0 heterocycles. The number of aryl methyl sites for hydroxylation is 2. The van der Waals surface area contributed by atoms with Crippen molar-refractivity contribution in [3.05, 3.63) is 33.9 Å². The van der Waals surface area contributed by atoms with E-state index in [1.165, 1.54) is 18.2 Å². The molecule has 1 aromatic rings. The Balaban J connectivity index is 3.37. The van der Waals surface area contributed by atoms with Gasteiger partial charge in [-0.25, -0.2) is 0 Å². The van der Waals surface area contributed by atoms with Crippen molar-refractivity contribution in [1.82, 2.24) is 0 Å². The Labute approximate surface area is 105 Å². The molecule has 1 rings (SSSR count). The molecule has 0 N–H and O–H groups in total. The molecule has 0 fully saturated rings. The van der Waals surface area contributed by atoms with Crippen molar-refractivity contribution in [2.45, 2.75) is 32.5 Å². The SMILES string of the molecule is COC(=O)C(Br)c1c(C)c(C)cc(C)c1C. The highest BCUT2D eigenvalue weighted by atomic mass is 79.9. The molecule has 2 nitrogen and oxygen atoms in total. The molecule has 0 aliphatic rings. The van der Waals surface area contributed by atoms with E-state index in [2.05, 4.69) is 35.8 Å². The molecule has 0 bridgehead atoms. The lowest BCUT2D eigenvalue weighted by molar-refractivity contribution is -0.139. The lowest BCUT2D eigenvalue weighted by Crippen LogP contribution is -2.12. The van der Waals surface area contributed by atoms with Crippen LogP contribution >= 0.6 is 15.9 Å². The van der Waals surface area contributed by atoms with E-state index in [0.717, 1.165) is 16.7 Å². The van der Waals surface area contributed by atoms with E-state index in [1.54, 1.807) is 0 Å². The summed E-state index contributed by atoms with van der Waals surface area (Å²) in [5.74, 6) is -0.254. The number of hydrogen-bond acceptors (Lipinski definition) is 2. The van der Waals surface area contributed by atoms with Gasteiger partial charge in [-0.3, -0.25) is 4.79 Å². The van der Waals surface area contributed by atoms with Crippen molar-refractivity contribution in [1.29, 1.82) is 0 Å². The maximum atomic E-state index is 11.6. The highest BCUT2D eigenvalue weighted by Gasteiger charge is 2.23. The number of rotatable bonds is 2. The minimum absolute atomic E-state index is 0.254. The molecule has 0 aliphatic carbocycles. The van der Waals surface area contributed by atoms with Crippen molar-refractivity contribution in [2.75, 3.05) is 7.11 Å². The third-order valence-corrected chi connectivity index (χ3v) is 3.92. The van der Waals surface area contributed by atoms with Gasteiger partial charge in [0, 0.05) is 0 Å². The van der Waals surface area contributed by atoms with Crippen LogP contribution in [-0.4, -0.2) is 13.1 Å². The van der Waals surface area contributed by atoms with E-state index in [-0.39, 0.29) is 10.8 Å². The van der Waals surface area contributed by atoms with E-state index in [4.69, 9.17) is 4.74 Å². The van der Waals surface area contributed by atoms with Crippen LogP contribution in [0.15, 0.2) is 6.07 Å². The zero-order chi connectivity index (χ0) is 12.5. The molecule has 0 amide bonds. The lowest BCUT2D eigenvalue weighted by atomic mass is 9.92. The first-order valence-electron chi connectivity index (χ1n) is 5.19. The molecule has 3 heteroatoms. The normalized spacial score (nSPS) is 12.4. The Morgan fingerprint density at radius 3 is 2.00 bits per heavy atom. The molecular weight excluding hydrogens is 268 g/mol. The number of carbonyl (C=O) groups is 1. The molecule has 0 aliphatic heterocycles. The quantitative estimate of drug-likeness (QED) is 0.614. The fourth-order valence-electron chi connectivity index (χ4n) is 1.85. The van der Waals surface area contributed by atoms with Crippen LogP contribution in [0, 0.1) is 27.7 Å². The van der Waals surface area contributed by atoms with Gasteiger partial charge in [-0.2, -0.15) is 0 Å². The molecule has 1 unspecified atom stereocenters. The molecule has 0 radical (unpaired) electrons. The number of methoxy groups -OCH3 is 1. The number of halogens is 1. The predicted octanol–water partition coefficient (Wildman–Crippen LogP) is 3.53. The lowest BCUT2D eigenvalue weighted by Gasteiger charge is -2.18. The topological polar surface area (TPSA) is 26.3 Å². The van der Waals surface area contributed by atoms with E-state index >= 15 is 0 Å². The van der Waals surface area contributed by atoms with Crippen LogP contribution in [0.1, 0.15) is 32.6 Å². The zero-order valence-electron chi connectivity index (χ0n) is 10.3. The summed E-state index contributed by atoms with van der Waals surface area (Å²) in [5.41, 5.74) is 5.73. The molecular formula is C13H17BrO2. The van der Waals surface area contributed by atoms with Gasteiger partial charge < -0.3 is 4.74 Å². The first-order chi connectivity index (χ1) is 7.40. The van der Waals surface area contributed by atoms with Gasteiger partial charge in [-0.05, 0) is 55.5 Å². The van der Waals surface area contributed by atoms with Crippen LogP contribution in [0.5, 0.6) is 0 Å². The Kier molecular flexibility index (Phi) is 4.14. The third kappa shape index (κ3) is 2.29. The maximum absolute atomic E-state index is 11.6. The largest absolute Gasteiger partial charge is 0.468 e. The smallest absolute Gasteiger partial charge is 0.324 e. The summed E-state index contributed by atoms with van der Waals surface area (Å²) in [7, 11) is 1.41. The second-order valence-electron chi connectivity index (χ2n) is 4.06. The summed E-state index contributed by atoms with van der Waals surface area (Å²) in [6.45, 7) is 8.19. The summed E-state index contributed by atoms with van der Waals surface area (Å²) < 4.78 is 4.77. The monoisotopic (exact) mass is 284 g/mol. The molecule has 1 aromatic carbocycles. The number of carbonyl (C=O) groups excluding carboxylic acids is 1. The van der Waals surface area contributed by atoms with Gasteiger partial charge >= 0.3 is 5.97 Å². The fourth-order valence-corrected chi connectivity index (χ4v) is 2.72. The maximum Gasteiger partial charge on any atom is 0.324 e. The second kappa shape index (κ2) is 5.00. The molecule has 88 valence electrons. The zero-order valence-corrected chi connectivity index (χ0v) is 11.9. The Morgan fingerprint density at radius 2 is 1.62 bits per heavy atom. The minimum Gasteiger partial charge on any atom is -0.468 e. The summed E-state index contributed by atoms with van der Waals surface area (Å²) in [4.78, 5) is 11.2. The van der Waals surface area contributed by atoms with Gasteiger partial charge in [0.15, 0.2) is 0 Å². The first kappa shape index (κ1) is 13.2. The van der Waals surface area contributed by atoms with Gasteiger partial charge in [0.25, 0.3) is 0 Å². The molecule has 0 spiro atoms. The van der Waals surface area contributed by atoms with Crippen molar-refractivity contribution in [3.8, 4) is 0 Å². The van der Waals surface area contributed by atoms with Crippen molar-refractivity contribution >= 4 is 21.9 Å². The van der Waals surface area contributed by atoms with E-state index in [1.807, 2.05) is 13.8 Å². The summed E-state index contributed by atoms with van der Waals surface area (Å²) in [5, 5.41) is 0. The van der Waals surface area contributed by atoms with Crippen LogP contribution in [0.3, 0.4) is 0 Å². The number of ether oxygens (including phenoxy) is 1. The van der Waals surface area contributed by atoms with Crippen molar-refractivity contribution in [2.24, 2.45) is 0 Å². The molecule has 16 heavy (non-hydrogen) atoms. The van der Waals surface area contributed by atoms with E-state index < -0.39 is 0 Å². The molecule has 0 saturated heterocycles. The average Bonchev–Trinajstić information content (AvgIpc) is 2.25. The average molecular weight is 285 g/mol. The highest BCUT2D eigenvalue weighted by Crippen LogP contribution is 2.33. The van der Waals surface area contributed by atoms with Gasteiger partial charge in [0.05, 0.1) is 7.11 Å².